The van der Waals surface area contributed by atoms with E-state index in [9.17, 15) is 23.1 Å². The van der Waals surface area contributed by atoms with Crippen molar-refractivity contribution in [3.63, 3.8) is 0 Å². The van der Waals surface area contributed by atoms with Gasteiger partial charge in [-0.15, -0.1) is 0 Å². The number of hydrogen-bond donors (Lipinski definition) is 1. The van der Waals surface area contributed by atoms with Gasteiger partial charge in [0.25, 0.3) is 10.1 Å². The van der Waals surface area contributed by atoms with E-state index in [0.29, 0.717) is 12.8 Å². The largest absolute Gasteiger partial charge is 0.462 e. The van der Waals surface area contributed by atoms with Crippen molar-refractivity contribution in [2.24, 2.45) is 5.92 Å². The van der Waals surface area contributed by atoms with E-state index in [4.69, 9.17) is 13.7 Å². The van der Waals surface area contributed by atoms with E-state index in [1.54, 1.807) is 0 Å². The molecular weight excluding hydrogens is 484 g/mol. The van der Waals surface area contributed by atoms with Gasteiger partial charge >= 0.3 is 11.9 Å². The summed E-state index contributed by atoms with van der Waals surface area (Å²) in [4.78, 5) is 23.7. The van der Waals surface area contributed by atoms with Crippen LogP contribution in [0.15, 0.2) is 12.2 Å². The second-order valence-electron chi connectivity index (χ2n) is 10.1. The Morgan fingerprint density at radius 2 is 1.61 bits per heavy atom. The standard InChI is InChI=1S/C27H48O8S/c1-4-5-6-7-8-9-10-11-12-13-14-15-16-17-18-19-25(35-36(3,31)32)24-20-27(21-28,34-26(24)30)22-33-23(2)29/h11-12,24-25,28H,4-10,13-22H2,1-3H3/b12-11-. The minimum atomic E-state index is -3.79. The normalized spacial score (nSPS) is 21.1. The van der Waals surface area contributed by atoms with Gasteiger partial charge in [0.15, 0.2) is 5.60 Å². The van der Waals surface area contributed by atoms with Gasteiger partial charge in [-0.1, -0.05) is 76.9 Å². The molecule has 1 heterocycles. The molecule has 0 bridgehead atoms. The fourth-order valence-corrected chi connectivity index (χ4v) is 5.20. The number of aliphatic hydroxyl groups excluding tert-OH is 1. The Morgan fingerprint density at radius 1 is 1.06 bits per heavy atom. The predicted molar refractivity (Wildman–Crippen MR) is 140 cm³/mol. The number of rotatable bonds is 21. The molecule has 0 aromatic rings. The summed E-state index contributed by atoms with van der Waals surface area (Å²) in [7, 11) is -3.79. The van der Waals surface area contributed by atoms with Crippen molar-refractivity contribution in [3.05, 3.63) is 12.2 Å². The molecule has 0 saturated carbocycles. The highest BCUT2D eigenvalue weighted by Crippen LogP contribution is 2.36. The third kappa shape index (κ3) is 14.3. The first-order valence-corrected chi connectivity index (χ1v) is 15.4. The van der Waals surface area contributed by atoms with Crippen molar-refractivity contribution >= 4 is 22.1 Å². The van der Waals surface area contributed by atoms with Crippen LogP contribution in [0, 0.1) is 5.92 Å². The summed E-state index contributed by atoms with van der Waals surface area (Å²) < 4.78 is 39.2. The van der Waals surface area contributed by atoms with Crippen LogP contribution >= 0.6 is 0 Å². The summed E-state index contributed by atoms with van der Waals surface area (Å²) in [5.74, 6) is -2.05. The van der Waals surface area contributed by atoms with E-state index in [0.717, 1.165) is 44.8 Å². The minimum absolute atomic E-state index is 0.0286. The van der Waals surface area contributed by atoms with Crippen LogP contribution < -0.4 is 0 Å². The Labute approximate surface area is 218 Å². The van der Waals surface area contributed by atoms with Crippen molar-refractivity contribution < 1.29 is 36.8 Å². The summed E-state index contributed by atoms with van der Waals surface area (Å²) in [5.41, 5.74) is -1.37. The van der Waals surface area contributed by atoms with E-state index in [-0.39, 0.29) is 13.0 Å². The smallest absolute Gasteiger partial charge is 0.312 e. The average Bonchev–Trinajstić information content (AvgIpc) is 3.15. The van der Waals surface area contributed by atoms with Crippen molar-refractivity contribution in [2.75, 3.05) is 19.5 Å². The first-order chi connectivity index (χ1) is 17.1. The summed E-state index contributed by atoms with van der Waals surface area (Å²) in [6.45, 7) is 2.66. The summed E-state index contributed by atoms with van der Waals surface area (Å²) in [6.07, 6.45) is 20.1. The predicted octanol–water partition coefficient (Wildman–Crippen LogP) is 5.23. The highest BCUT2D eigenvalue weighted by molar-refractivity contribution is 7.86. The molecule has 0 aromatic heterocycles. The Morgan fingerprint density at radius 3 is 2.14 bits per heavy atom. The number of carbonyl (C=O) groups excluding carboxylic acids is 2. The first-order valence-electron chi connectivity index (χ1n) is 13.6. The van der Waals surface area contributed by atoms with Gasteiger partial charge in [0.1, 0.15) is 6.61 Å². The molecule has 1 aliphatic heterocycles. The minimum Gasteiger partial charge on any atom is -0.462 e. The molecule has 0 spiro atoms. The quantitative estimate of drug-likeness (QED) is 0.0925. The second kappa shape index (κ2) is 17.9. The van der Waals surface area contributed by atoms with Crippen molar-refractivity contribution in [3.8, 4) is 0 Å². The number of ether oxygens (including phenoxy) is 2. The molecule has 1 fully saturated rings. The first kappa shape index (κ1) is 32.6. The number of carbonyl (C=O) groups is 2. The zero-order valence-electron chi connectivity index (χ0n) is 22.5. The van der Waals surface area contributed by atoms with Gasteiger partial charge in [-0.25, -0.2) is 0 Å². The lowest BCUT2D eigenvalue weighted by Crippen LogP contribution is -2.39. The van der Waals surface area contributed by atoms with E-state index in [1.807, 2.05) is 0 Å². The van der Waals surface area contributed by atoms with Gasteiger partial charge in [-0.05, 0) is 32.1 Å². The van der Waals surface area contributed by atoms with Gasteiger partial charge in [-0.2, -0.15) is 8.42 Å². The highest BCUT2D eigenvalue weighted by atomic mass is 32.2. The molecule has 8 nitrogen and oxygen atoms in total. The lowest BCUT2D eigenvalue weighted by Gasteiger charge is -2.25. The molecule has 3 unspecified atom stereocenters. The number of unbranched alkanes of at least 4 members (excludes halogenated alkanes) is 11. The van der Waals surface area contributed by atoms with Crippen LogP contribution in [0.4, 0.5) is 0 Å². The third-order valence-corrected chi connectivity index (χ3v) is 7.13. The number of aliphatic hydroxyl groups is 1. The number of cyclic esters (lactones) is 1. The Hall–Kier alpha value is -1.45. The second-order valence-corrected chi connectivity index (χ2v) is 11.7. The highest BCUT2D eigenvalue weighted by Gasteiger charge is 2.51. The van der Waals surface area contributed by atoms with Crippen LogP contribution in [-0.4, -0.2) is 56.6 Å². The van der Waals surface area contributed by atoms with Gasteiger partial charge < -0.3 is 14.6 Å². The molecular formula is C27H48O8S. The van der Waals surface area contributed by atoms with Gasteiger partial charge in [0.05, 0.1) is 24.9 Å². The average molecular weight is 533 g/mol. The maximum Gasteiger partial charge on any atom is 0.312 e. The number of allylic oxidation sites excluding steroid dienone is 2. The molecule has 9 heteroatoms. The topological polar surface area (TPSA) is 116 Å². The fraction of sp³-hybridized carbons (Fsp3) is 0.852. The van der Waals surface area contributed by atoms with Gasteiger partial charge in [0.2, 0.25) is 0 Å². The van der Waals surface area contributed by atoms with Crippen LogP contribution in [-0.2, 0) is 33.4 Å². The molecule has 1 N–H and O–H groups in total. The van der Waals surface area contributed by atoms with E-state index >= 15 is 0 Å². The van der Waals surface area contributed by atoms with E-state index in [2.05, 4.69) is 19.1 Å². The maximum atomic E-state index is 12.5. The van der Waals surface area contributed by atoms with Crippen molar-refractivity contribution in [1.82, 2.24) is 0 Å². The van der Waals surface area contributed by atoms with Crippen LogP contribution in [0.3, 0.4) is 0 Å². The summed E-state index contributed by atoms with van der Waals surface area (Å²) in [6, 6.07) is 0. The zero-order valence-corrected chi connectivity index (χ0v) is 23.4. The van der Waals surface area contributed by atoms with Crippen molar-refractivity contribution in [1.29, 1.82) is 0 Å². The molecule has 1 rings (SSSR count). The van der Waals surface area contributed by atoms with Crippen LogP contribution in [0.1, 0.15) is 110 Å². The molecule has 210 valence electrons. The Kier molecular flexibility index (Phi) is 16.2. The number of hydrogen-bond acceptors (Lipinski definition) is 8. The molecule has 0 aliphatic carbocycles. The Balaban J connectivity index is 2.35. The van der Waals surface area contributed by atoms with Gasteiger partial charge in [-0.3, -0.25) is 13.8 Å². The molecule has 36 heavy (non-hydrogen) atoms. The Bertz CT molecular complexity index is 764. The lowest BCUT2D eigenvalue weighted by molar-refractivity contribution is -0.166. The molecule has 3 atom stereocenters. The summed E-state index contributed by atoms with van der Waals surface area (Å²) >= 11 is 0. The molecule has 0 amide bonds. The van der Waals surface area contributed by atoms with Gasteiger partial charge in [0, 0.05) is 13.3 Å². The molecule has 0 aromatic carbocycles. The lowest BCUT2D eigenvalue weighted by atomic mass is 9.89. The third-order valence-electron chi connectivity index (χ3n) is 6.54. The van der Waals surface area contributed by atoms with Crippen LogP contribution in [0.2, 0.25) is 0 Å². The molecule has 0 radical (unpaired) electrons. The number of esters is 2. The fourth-order valence-electron chi connectivity index (χ4n) is 4.52. The SMILES string of the molecule is CCCCCCCC/C=C\CCCCCCCC(OS(C)(=O)=O)C1CC(CO)(COC(C)=O)OC1=O. The summed E-state index contributed by atoms with van der Waals surface area (Å²) in [5, 5.41) is 9.76. The maximum absolute atomic E-state index is 12.5. The van der Waals surface area contributed by atoms with Crippen molar-refractivity contribution in [2.45, 2.75) is 122 Å². The van der Waals surface area contributed by atoms with E-state index < -0.39 is 46.3 Å². The molecule has 1 saturated heterocycles. The zero-order chi connectivity index (χ0) is 26.9. The monoisotopic (exact) mass is 532 g/mol. The van der Waals surface area contributed by atoms with E-state index in [1.165, 1.54) is 45.4 Å². The van der Waals surface area contributed by atoms with Crippen LogP contribution in [0.25, 0.3) is 0 Å². The van der Waals surface area contributed by atoms with Crippen LogP contribution in [0.5, 0.6) is 0 Å². The molecule has 1 aliphatic rings.